The van der Waals surface area contributed by atoms with Gasteiger partial charge in [-0.3, -0.25) is 4.90 Å². The lowest BCUT2D eigenvalue weighted by Gasteiger charge is -2.43. The molecular formula is C17H36N2. The molecule has 0 bridgehead atoms. The fourth-order valence-electron chi connectivity index (χ4n) is 3.51. The van der Waals surface area contributed by atoms with Gasteiger partial charge in [0.05, 0.1) is 0 Å². The highest BCUT2D eigenvalue weighted by Gasteiger charge is 2.32. The first kappa shape index (κ1) is 17.0. The minimum absolute atomic E-state index is 0.719. The Bertz CT molecular complexity index is 209. The van der Waals surface area contributed by atoms with Crippen LogP contribution in [-0.4, -0.2) is 37.1 Å². The van der Waals surface area contributed by atoms with Crippen LogP contribution in [0.25, 0.3) is 0 Å². The molecular weight excluding hydrogens is 232 g/mol. The van der Waals surface area contributed by atoms with Crippen molar-refractivity contribution in [3.63, 3.8) is 0 Å². The lowest BCUT2D eigenvalue weighted by Crippen LogP contribution is -2.52. The molecule has 2 nitrogen and oxygen atoms in total. The summed E-state index contributed by atoms with van der Waals surface area (Å²) < 4.78 is 0. The zero-order valence-electron chi connectivity index (χ0n) is 13.8. The Morgan fingerprint density at radius 1 is 1.00 bits per heavy atom. The van der Waals surface area contributed by atoms with E-state index in [9.17, 15) is 0 Å². The van der Waals surface area contributed by atoms with Gasteiger partial charge < -0.3 is 5.32 Å². The van der Waals surface area contributed by atoms with Gasteiger partial charge in [0.1, 0.15) is 0 Å². The number of unbranched alkanes of at least 4 members (excludes halogenated alkanes) is 2. The normalized spacial score (nSPS) is 27.9. The Morgan fingerprint density at radius 3 is 2.11 bits per heavy atom. The Labute approximate surface area is 121 Å². The molecule has 1 saturated carbocycles. The average Bonchev–Trinajstić information content (AvgIpc) is 2.47. The molecule has 1 N–H and O–H groups in total. The number of rotatable bonds is 9. The predicted octanol–water partition coefficient (Wildman–Crippen LogP) is 4.06. The lowest BCUT2D eigenvalue weighted by molar-refractivity contribution is 0.0954. The fraction of sp³-hybridized carbons (Fsp3) is 1.00. The Hall–Kier alpha value is -0.0800. The van der Waals surface area contributed by atoms with Crippen molar-refractivity contribution < 1.29 is 0 Å². The second kappa shape index (κ2) is 9.77. The van der Waals surface area contributed by atoms with Crippen LogP contribution in [0.1, 0.15) is 72.1 Å². The van der Waals surface area contributed by atoms with E-state index in [2.05, 4.69) is 38.0 Å². The molecule has 0 spiro atoms. The van der Waals surface area contributed by atoms with E-state index < -0.39 is 0 Å². The summed E-state index contributed by atoms with van der Waals surface area (Å²) in [5.74, 6) is 0.959. The molecule has 0 aliphatic heterocycles. The van der Waals surface area contributed by atoms with Crippen molar-refractivity contribution in [1.82, 2.24) is 10.2 Å². The smallest absolute Gasteiger partial charge is 0.0251 e. The van der Waals surface area contributed by atoms with Crippen LogP contribution in [0.4, 0.5) is 0 Å². The van der Waals surface area contributed by atoms with E-state index in [1.807, 2.05) is 0 Å². The maximum absolute atomic E-state index is 3.59. The van der Waals surface area contributed by atoms with Crippen LogP contribution in [0.15, 0.2) is 0 Å². The second-order valence-corrected chi connectivity index (χ2v) is 6.29. The molecule has 0 aromatic rings. The van der Waals surface area contributed by atoms with Gasteiger partial charge in [-0.2, -0.15) is 0 Å². The van der Waals surface area contributed by atoms with Crippen LogP contribution < -0.4 is 5.32 Å². The summed E-state index contributed by atoms with van der Waals surface area (Å²) in [4.78, 5) is 2.80. The third kappa shape index (κ3) is 5.43. The maximum atomic E-state index is 3.59. The van der Waals surface area contributed by atoms with E-state index in [0.717, 1.165) is 18.0 Å². The van der Waals surface area contributed by atoms with Crippen LogP contribution in [0.5, 0.6) is 0 Å². The average molecular weight is 268 g/mol. The molecule has 1 rings (SSSR count). The van der Waals surface area contributed by atoms with Crippen LogP contribution in [0.3, 0.4) is 0 Å². The molecule has 0 aromatic heterocycles. The molecule has 0 amide bonds. The predicted molar refractivity (Wildman–Crippen MR) is 85.7 cm³/mol. The lowest BCUT2D eigenvalue weighted by atomic mass is 9.80. The van der Waals surface area contributed by atoms with Crippen LogP contribution in [0.2, 0.25) is 0 Å². The quantitative estimate of drug-likeness (QED) is 0.678. The molecule has 0 saturated heterocycles. The standard InChI is InChI=1S/C17H36N2/c1-5-8-12-19(13-9-6-2)17-14-15(7-3)10-11-16(17)18-4/h15-18H,5-14H2,1-4H3. The molecule has 0 radical (unpaired) electrons. The third-order valence-corrected chi connectivity index (χ3v) is 4.94. The highest BCUT2D eigenvalue weighted by atomic mass is 15.2. The van der Waals surface area contributed by atoms with Gasteiger partial charge in [0, 0.05) is 12.1 Å². The molecule has 0 heterocycles. The zero-order valence-corrected chi connectivity index (χ0v) is 13.8. The van der Waals surface area contributed by atoms with Gasteiger partial charge in [0.2, 0.25) is 0 Å². The maximum Gasteiger partial charge on any atom is 0.0251 e. The first-order valence-electron chi connectivity index (χ1n) is 8.68. The highest BCUT2D eigenvalue weighted by molar-refractivity contribution is 4.90. The van der Waals surface area contributed by atoms with Crippen LogP contribution in [0, 0.1) is 5.92 Å². The number of nitrogens with one attached hydrogen (secondary N) is 1. The van der Waals surface area contributed by atoms with E-state index >= 15 is 0 Å². The summed E-state index contributed by atoms with van der Waals surface area (Å²) in [5, 5.41) is 3.59. The summed E-state index contributed by atoms with van der Waals surface area (Å²) in [7, 11) is 2.15. The number of hydrogen-bond acceptors (Lipinski definition) is 2. The van der Waals surface area contributed by atoms with Gasteiger partial charge in [-0.15, -0.1) is 0 Å². The monoisotopic (exact) mass is 268 g/mol. The van der Waals surface area contributed by atoms with Crippen LogP contribution in [-0.2, 0) is 0 Å². The van der Waals surface area contributed by atoms with Crippen molar-refractivity contribution in [2.75, 3.05) is 20.1 Å². The van der Waals surface area contributed by atoms with E-state index in [1.165, 1.54) is 64.5 Å². The summed E-state index contributed by atoms with van der Waals surface area (Å²) >= 11 is 0. The van der Waals surface area contributed by atoms with Crippen molar-refractivity contribution in [2.24, 2.45) is 5.92 Å². The highest BCUT2D eigenvalue weighted by Crippen LogP contribution is 2.30. The number of hydrogen-bond donors (Lipinski definition) is 1. The van der Waals surface area contributed by atoms with Gasteiger partial charge in [-0.05, 0) is 58.2 Å². The minimum atomic E-state index is 0.719. The Kier molecular flexibility index (Phi) is 8.72. The molecule has 1 aliphatic carbocycles. The SMILES string of the molecule is CCCCN(CCCC)C1CC(CC)CCC1NC. The van der Waals surface area contributed by atoms with Crippen molar-refractivity contribution in [2.45, 2.75) is 84.2 Å². The molecule has 114 valence electrons. The number of likely N-dealkylation sites (N-methyl/N-ethyl adjacent to an activating group) is 1. The first-order valence-corrected chi connectivity index (χ1v) is 8.68. The summed E-state index contributed by atoms with van der Waals surface area (Å²) in [6.45, 7) is 9.59. The summed E-state index contributed by atoms with van der Waals surface area (Å²) in [6.07, 6.45) is 10.9. The van der Waals surface area contributed by atoms with Gasteiger partial charge in [0.15, 0.2) is 0 Å². The summed E-state index contributed by atoms with van der Waals surface area (Å²) in [5.41, 5.74) is 0. The van der Waals surface area contributed by atoms with Gasteiger partial charge in [-0.25, -0.2) is 0 Å². The molecule has 1 fully saturated rings. The zero-order chi connectivity index (χ0) is 14.1. The van der Waals surface area contributed by atoms with Crippen molar-refractivity contribution >= 4 is 0 Å². The van der Waals surface area contributed by atoms with E-state index in [0.29, 0.717) is 0 Å². The third-order valence-electron chi connectivity index (χ3n) is 4.94. The molecule has 3 unspecified atom stereocenters. The molecule has 1 aliphatic rings. The van der Waals surface area contributed by atoms with Crippen molar-refractivity contribution in [3.8, 4) is 0 Å². The molecule has 0 aromatic carbocycles. The van der Waals surface area contributed by atoms with Gasteiger partial charge in [0.25, 0.3) is 0 Å². The van der Waals surface area contributed by atoms with Crippen LogP contribution >= 0.6 is 0 Å². The number of nitrogens with zero attached hydrogens (tertiary/aromatic N) is 1. The minimum Gasteiger partial charge on any atom is -0.315 e. The van der Waals surface area contributed by atoms with E-state index in [1.54, 1.807) is 0 Å². The topological polar surface area (TPSA) is 15.3 Å². The molecule has 3 atom stereocenters. The summed E-state index contributed by atoms with van der Waals surface area (Å²) in [6, 6.07) is 1.50. The van der Waals surface area contributed by atoms with Gasteiger partial charge in [-0.1, -0.05) is 40.0 Å². The van der Waals surface area contributed by atoms with Crippen molar-refractivity contribution in [3.05, 3.63) is 0 Å². The van der Waals surface area contributed by atoms with E-state index in [4.69, 9.17) is 0 Å². The first-order chi connectivity index (χ1) is 9.26. The van der Waals surface area contributed by atoms with Gasteiger partial charge >= 0.3 is 0 Å². The molecule has 2 heteroatoms. The second-order valence-electron chi connectivity index (χ2n) is 6.29. The Balaban J connectivity index is 2.63. The van der Waals surface area contributed by atoms with Crippen molar-refractivity contribution in [1.29, 1.82) is 0 Å². The van der Waals surface area contributed by atoms with E-state index in [-0.39, 0.29) is 0 Å². The fourth-order valence-corrected chi connectivity index (χ4v) is 3.51. The largest absolute Gasteiger partial charge is 0.315 e. The molecule has 19 heavy (non-hydrogen) atoms. The Morgan fingerprint density at radius 2 is 1.63 bits per heavy atom.